The zero-order valence-corrected chi connectivity index (χ0v) is 13.0. The molecule has 0 aliphatic carbocycles. The monoisotopic (exact) mass is 305 g/mol. The predicted octanol–water partition coefficient (Wildman–Crippen LogP) is 3.60. The molecule has 0 aliphatic heterocycles. The third-order valence-corrected chi connectivity index (χ3v) is 6.54. The largest absolute Gasteiger partial charge is 0.228 e. The molecule has 3 nitrogen and oxygen atoms in total. The Morgan fingerprint density at radius 3 is 2.70 bits per heavy atom. The number of thiophene rings is 1. The molecule has 0 amide bonds. The van der Waals surface area contributed by atoms with Crippen LogP contribution in [0.4, 0.5) is 0 Å². The first-order valence-corrected chi connectivity index (χ1v) is 8.78. The Morgan fingerprint density at radius 2 is 2.10 bits per heavy atom. The number of nitriles is 1. The fraction of sp³-hybridized carbons (Fsp3) is 0.267. The topological polar surface area (TPSA) is 57.9 Å². The van der Waals surface area contributed by atoms with Crippen LogP contribution in [0.3, 0.4) is 0 Å². The minimum Gasteiger partial charge on any atom is -0.228 e. The van der Waals surface area contributed by atoms with Crippen LogP contribution in [0, 0.1) is 18.3 Å². The van der Waals surface area contributed by atoms with Crippen molar-refractivity contribution in [2.45, 2.75) is 24.9 Å². The maximum Gasteiger partial charge on any atom is 0.161 e. The second kappa shape index (κ2) is 5.78. The normalized spacial score (nSPS) is 12.8. The highest BCUT2D eigenvalue weighted by Crippen LogP contribution is 2.28. The fourth-order valence-electron chi connectivity index (χ4n) is 1.94. The quantitative estimate of drug-likeness (QED) is 0.867. The van der Waals surface area contributed by atoms with Gasteiger partial charge in [0.25, 0.3) is 0 Å². The van der Waals surface area contributed by atoms with Gasteiger partial charge in [0, 0.05) is 4.88 Å². The van der Waals surface area contributed by atoms with Gasteiger partial charge in [0.1, 0.15) is 0 Å². The van der Waals surface area contributed by atoms with Crippen molar-refractivity contribution in [3.05, 3.63) is 57.3 Å². The van der Waals surface area contributed by atoms with Gasteiger partial charge in [-0.15, -0.1) is 11.3 Å². The van der Waals surface area contributed by atoms with Crippen LogP contribution in [-0.4, -0.2) is 8.42 Å². The summed E-state index contributed by atoms with van der Waals surface area (Å²) >= 11 is 1.45. The van der Waals surface area contributed by atoms with Crippen LogP contribution in [0.5, 0.6) is 0 Å². The summed E-state index contributed by atoms with van der Waals surface area (Å²) in [4.78, 5) is 0.845. The summed E-state index contributed by atoms with van der Waals surface area (Å²) in [5, 5.41) is 10.4. The summed E-state index contributed by atoms with van der Waals surface area (Å²) in [6, 6.07) is 11.0. The molecule has 0 bridgehead atoms. The van der Waals surface area contributed by atoms with E-state index in [0.29, 0.717) is 11.1 Å². The Labute approximate surface area is 123 Å². The molecule has 0 saturated heterocycles. The van der Waals surface area contributed by atoms with E-state index in [0.717, 1.165) is 10.4 Å². The highest BCUT2D eigenvalue weighted by atomic mass is 32.2. The van der Waals surface area contributed by atoms with E-state index < -0.39 is 15.1 Å². The van der Waals surface area contributed by atoms with Gasteiger partial charge in [0.05, 0.1) is 22.6 Å². The Bertz CT molecular complexity index is 741. The second-order valence-electron chi connectivity index (χ2n) is 4.73. The maximum atomic E-state index is 12.4. The zero-order chi connectivity index (χ0) is 14.8. The van der Waals surface area contributed by atoms with Crippen molar-refractivity contribution in [2.75, 3.05) is 0 Å². The zero-order valence-electron chi connectivity index (χ0n) is 11.3. The number of nitrogens with zero attached hydrogens (tertiary/aromatic N) is 1. The molecule has 0 spiro atoms. The molecule has 2 aromatic rings. The maximum absolute atomic E-state index is 12.4. The lowest BCUT2D eigenvalue weighted by Crippen LogP contribution is -2.12. The number of hydrogen-bond donors (Lipinski definition) is 0. The molecule has 0 radical (unpaired) electrons. The van der Waals surface area contributed by atoms with Crippen LogP contribution in [0.2, 0.25) is 0 Å². The highest BCUT2D eigenvalue weighted by molar-refractivity contribution is 7.91. The molecule has 1 aromatic heterocycles. The van der Waals surface area contributed by atoms with Crippen molar-refractivity contribution in [1.29, 1.82) is 5.26 Å². The molecule has 1 heterocycles. The average molecular weight is 305 g/mol. The summed E-state index contributed by atoms with van der Waals surface area (Å²) in [6.45, 7) is 3.55. The Hall–Kier alpha value is -1.64. The van der Waals surface area contributed by atoms with Gasteiger partial charge in [-0.2, -0.15) is 5.26 Å². The minimum absolute atomic E-state index is 0.0406. The molecule has 0 N–H and O–H groups in total. The lowest BCUT2D eigenvalue weighted by molar-refractivity contribution is 0.586. The van der Waals surface area contributed by atoms with Crippen LogP contribution in [0.15, 0.2) is 35.7 Å². The van der Waals surface area contributed by atoms with Crippen LogP contribution in [-0.2, 0) is 15.6 Å². The molecule has 5 heteroatoms. The summed E-state index contributed by atoms with van der Waals surface area (Å²) < 4.78 is 24.8. The van der Waals surface area contributed by atoms with Gasteiger partial charge in [0.15, 0.2) is 9.84 Å². The lowest BCUT2D eigenvalue weighted by Gasteiger charge is -2.12. The molecule has 0 aliphatic rings. The highest BCUT2D eigenvalue weighted by Gasteiger charge is 2.24. The standard InChI is InChI=1S/C15H15NO2S2/c1-11-5-6-13(8-14(11)9-16)10-20(17,18)12(2)15-4-3-7-19-15/h3-8,12H,10H2,1-2H3. The molecule has 1 atom stereocenters. The van der Waals surface area contributed by atoms with Crippen molar-refractivity contribution in [2.24, 2.45) is 0 Å². The molecule has 1 unspecified atom stereocenters. The van der Waals surface area contributed by atoms with Gasteiger partial charge >= 0.3 is 0 Å². The van der Waals surface area contributed by atoms with Crippen LogP contribution in [0.1, 0.15) is 33.7 Å². The second-order valence-corrected chi connectivity index (χ2v) is 8.03. The lowest BCUT2D eigenvalue weighted by atomic mass is 10.1. The molecule has 2 rings (SSSR count). The molecule has 104 valence electrons. The van der Waals surface area contributed by atoms with Gasteiger partial charge in [-0.05, 0) is 42.5 Å². The van der Waals surface area contributed by atoms with Gasteiger partial charge < -0.3 is 0 Å². The van der Waals surface area contributed by atoms with Crippen molar-refractivity contribution in [3.8, 4) is 6.07 Å². The number of aryl methyl sites for hydroxylation is 1. The Balaban J connectivity index is 2.27. The van der Waals surface area contributed by atoms with Gasteiger partial charge in [-0.25, -0.2) is 8.42 Å². The van der Waals surface area contributed by atoms with E-state index >= 15 is 0 Å². The SMILES string of the molecule is Cc1ccc(CS(=O)(=O)C(C)c2cccs2)cc1C#N. The summed E-state index contributed by atoms with van der Waals surface area (Å²) in [7, 11) is -3.27. The van der Waals surface area contributed by atoms with Crippen molar-refractivity contribution < 1.29 is 8.42 Å². The predicted molar refractivity (Wildman–Crippen MR) is 81.3 cm³/mol. The summed E-state index contributed by atoms with van der Waals surface area (Å²) in [5.41, 5.74) is 2.05. The van der Waals surface area contributed by atoms with Gasteiger partial charge in [-0.1, -0.05) is 18.2 Å². The molecule has 20 heavy (non-hydrogen) atoms. The van der Waals surface area contributed by atoms with E-state index in [1.54, 1.807) is 25.1 Å². The summed E-state index contributed by atoms with van der Waals surface area (Å²) in [5.74, 6) is -0.0406. The minimum atomic E-state index is -3.27. The first-order valence-electron chi connectivity index (χ1n) is 6.18. The van der Waals surface area contributed by atoms with E-state index in [9.17, 15) is 8.42 Å². The molecule has 0 saturated carbocycles. The Morgan fingerprint density at radius 1 is 1.35 bits per heavy atom. The fourth-order valence-corrected chi connectivity index (χ4v) is 4.53. The number of benzene rings is 1. The van der Waals surface area contributed by atoms with E-state index in [4.69, 9.17) is 5.26 Å². The first-order chi connectivity index (χ1) is 9.44. The number of sulfone groups is 1. The van der Waals surface area contributed by atoms with Crippen molar-refractivity contribution in [1.82, 2.24) is 0 Å². The molecular formula is C15H15NO2S2. The van der Waals surface area contributed by atoms with E-state index in [1.807, 2.05) is 24.4 Å². The number of rotatable bonds is 4. The van der Waals surface area contributed by atoms with E-state index in [-0.39, 0.29) is 5.75 Å². The molecular weight excluding hydrogens is 290 g/mol. The van der Waals surface area contributed by atoms with Gasteiger partial charge in [0.2, 0.25) is 0 Å². The first kappa shape index (κ1) is 14.8. The molecule has 0 fully saturated rings. The average Bonchev–Trinajstić information content (AvgIpc) is 2.93. The van der Waals surface area contributed by atoms with E-state index in [2.05, 4.69) is 6.07 Å². The third kappa shape index (κ3) is 3.09. The van der Waals surface area contributed by atoms with Crippen molar-refractivity contribution >= 4 is 21.2 Å². The van der Waals surface area contributed by atoms with Crippen LogP contribution >= 0.6 is 11.3 Å². The third-order valence-electron chi connectivity index (χ3n) is 3.27. The summed E-state index contributed by atoms with van der Waals surface area (Å²) in [6.07, 6.45) is 0. The van der Waals surface area contributed by atoms with Crippen molar-refractivity contribution in [3.63, 3.8) is 0 Å². The van der Waals surface area contributed by atoms with Gasteiger partial charge in [-0.3, -0.25) is 0 Å². The van der Waals surface area contributed by atoms with Crippen LogP contribution < -0.4 is 0 Å². The Kier molecular flexibility index (Phi) is 4.26. The number of hydrogen-bond acceptors (Lipinski definition) is 4. The molecule has 1 aromatic carbocycles. The van der Waals surface area contributed by atoms with E-state index in [1.165, 1.54) is 11.3 Å². The smallest absolute Gasteiger partial charge is 0.161 e. The van der Waals surface area contributed by atoms with Crippen LogP contribution in [0.25, 0.3) is 0 Å².